The molecule has 2 aliphatic heterocycles. The largest absolute Gasteiger partial charge is 0.493 e. The summed E-state index contributed by atoms with van der Waals surface area (Å²) in [6.07, 6.45) is 4.84. The predicted octanol–water partition coefficient (Wildman–Crippen LogP) is 3.86. The summed E-state index contributed by atoms with van der Waals surface area (Å²) in [6.45, 7) is 2.20. The van der Waals surface area contributed by atoms with Crippen LogP contribution in [-0.4, -0.2) is 25.2 Å². The topological polar surface area (TPSA) is 47.6 Å². The molecule has 2 aliphatic rings. The molecule has 2 aromatic rings. The van der Waals surface area contributed by atoms with E-state index < -0.39 is 0 Å². The van der Waals surface area contributed by atoms with E-state index in [4.69, 9.17) is 9.47 Å². The van der Waals surface area contributed by atoms with Gasteiger partial charge < -0.3 is 14.8 Å². The van der Waals surface area contributed by atoms with E-state index in [9.17, 15) is 4.79 Å². The highest BCUT2D eigenvalue weighted by molar-refractivity contribution is 5.76. The van der Waals surface area contributed by atoms with Gasteiger partial charge >= 0.3 is 0 Å². The maximum atomic E-state index is 12.0. The van der Waals surface area contributed by atoms with Gasteiger partial charge in [-0.1, -0.05) is 30.3 Å². The number of benzene rings is 2. The van der Waals surface area contributed by atoms with Crippen molar-refractivity contribution in [1.29, 1.82) is 0 Å². The smallest absolute Gasteiger partial charge is 0.220 e. The molecule has 1 unspecified atom stereocenters. The molecule has 0 radical (unpaired) electrons. The maximum absolute atomic E-state index is 12.0. The van der Waals surface area contributed by atoms with Crippen molar-refractivity contribution in [3.05, 3.63) is 53.6 Å². The van der Waals surface area contributed by atoms with Gasteiger partial charge in [0.05, 0.1) is 12.7 Å². The van der Waals surface area contributed by atoms with E-state index in [1.54, 1.807) is 0 Å². The first-order valence-electron chi connectivity index (χ1n) is 9.51. The Morgan fingerprint density at radius 3 is 2.73 bits per heavy atom. The Morgan fingerprint density at radius 1 is 1.08 bits per heavy atom. The van der Waals surface area contributed by atoms with E-state index in [1.807, 2.05) is 0 Å². The van der Waals surface area contributed by atoms with Crippen molar-refractivity contribution in [3.8, 4) is 16.9 Å². The van der Waals surface area contributed by atoms with Gasteiger partial charge in [-0.3, -0.25) is 4.79 Å². The van der Waals surface area contributed by atoms with Crippen molar-refractivity contribution in [3.63, 3.8) is 0 Å². The molecule has 26 heavy (non-hydrogen) atoms. The summed E-state index contributed by atoms with van der Waals surface area (Å²) in [5.74, 6) is 1.11. The van der Waals surface area contributed by atoms with Crippen LogP contribution in [0.5, 0.6) is 5.75 Å². The molecule has 0 aromatic heterocycles. The first kappa shape index (κ1) is 17.1. The normalized spacial score (nSPS) is 18.4. The van der Waals surface area contributed by atoms with Gasteiger partial charge in [0.1, 0.15) is 5.75 Å². The second-order valence-corrected chi connectivity index (χ2v) is 7.07. The van der Waals surface area contributed by atoms with Gasteiger partial charge in [-0.25, -0.2) is 0 Å². The van der Waals surface area contributed by atoms with Crippen LogP contribution in [0.1, 0.15) is 36.8 Å². The lowest BCUT2D eigenvalue weighted by atomic mass is 10.0. The van der Waals surface area contributed by atoms with E-state index in [0.29, 0.717) is 13.0 Å². The Hall–Kier alpha value is -2.33. The fraction of sp³-hybridized carbons (Fsp3) is 0.409. The van der Waals surface area contributed by atoms with Crippen LogP contribution in [0.4, 0.5) is 0 Å². The fourth-order valence-corrected chi connectivity index (χ4v) is 3.63. The van der Waals surface area contributed by atoms with Crippen LogP contribution < -0.4 is 10.1 Å². The average molecular weight is 351 g/mol. The average Bonchev–Trinajstić information content (AvgIpc) is 3.36. The van der Waals surface area contributed by atoms with Crippen molar-refractivity contribution in [2.45, 2.75) is 44.8 Å². The fourth-order valence-electron chi connectivity index (χ4n) is 3.63. The lowest BCUT2D eigenvalue weighted by Gasteiger charge is -2.10. The number of carbonyl (C=O) groups excluding carboxylic acids is 1. The first-order chi connectivity index (χ1) is 12.8. The number of nitrogens with one attached hydrogen (secondary N) is 1. The number of ether oxygens (including phenoxy) is 2. The summed E-state index contributed by atoms with van der Waals surface area (Å²) in [6, 6.07) is 14.8. The molecule has 0 bridgehead atoms. The predicted molar refractivity (Wildman–Crippen MR) is 101 cm³/mol. The zero-order chi connectivity index (χ0) is 17.8. The van der Waals surface area contributed by atoms with Crippen LogP contribution in [0.3, 0.4) is 0 Å². The SMILES string of the molecule is O=C(CCC1CCCO1)NCc1ccc(-c2ccc3c(c2)CCO3)cc1. The maximum Gasteiger partial charge on any atom is 0.220 e. The van der Waals surface area contributed by atoms with Crippen molar-refractivity contribution in [2.75, 3.05) is 13.2 Å². The van der Waals surface area contributed by atoms with Gasteiger partial charge in [0, 0.05) is 26.0 Å². The Kier molecular flexibility index (Phi) is 5.21. The molecule has 0 spiro atoms. The molecule has 4 rings (SSSR count). The molecule has 1 saturated heterocycles. The highest BCUT2D eigenvalue weighted by Gasteiger charge is 2.16. The lowest BCUT2D eigenvalue weighted by Crippen LogP contribution is -2.23. The number of hydrogen-bond acceptors (Lipinski definition) is 3. The standard InChI is InChI=1S/C22H25NO3/c24-22(10-8-20-2-1-12-25-20)23-15-16-3-5-17(6-4-16)18-7-9-21-19(14-18)11-13-26-21/h3-7,9,14,20H,1-2,8,10-13,15H2,(H,23,24). The molecule has 1 fully saturated rings. The van der Waals surface area contributed by atoms with Crippen LogP contribution in [-0.2, 0) is 22.5 Å². The summed E-state index contributed by atoms with van der Waals surface area (Å²) in [5.41, 5.74) is 4.79. The second kappa shape index (κ2) is 7.92. The van der Waals surface area contributed by atoms with Gasteiger partial charge in [-0.2, -0.15) is 0 Å². The summed E-state index contributed by atoms with van der Waals surface area (Å²) in [7, 11) is 0. The molecule has 1 amide bonds. The number of carbonyl (C=O) groups is 1. The number of fused-ring (bicyclic) bond motifs is 1. The van der Waals surface area contributed by atoms with E-state index in [-0.39, 0.29) is 12.0 Å². The van der Waals surface area contributed by atoms with Crippen LogP contribution in [0.15, 0.2) is 42.5 Å². The van der Waals surface area contributed by atoms with Crippen molar-refractivity contribution < 1.29 is 14.3 Å². The summed E-state index contributed by atoms with van der Waals surface area (Å²) >= 11 is 0. The van der Waals surface area contributed by atoms with Gasteiger partial charge in [-0.15, -0.1) is 0 Å². The van der Waals surface area contributed by atoms with Crippen LogP contribution in [0, 0.1) is 0 Å². The highest BCUT2D eigenvalue weighted by atomic mass is 16.5. The molecular formula is C22H25NO3. The van der Waals surface area contributed by atoms with E-state index in [0.717, 1.165) is 50.2 Å². The summed E-state index contributed by atoms with van der Waals surface area (Å²) in [5, 5.41) is 3.01. The molecule has 136 valence electrons. The van der Waals surface area contributed by atoms with Crippen molar-refractivity contribution in [1.82, 2.24) is 5.32 Å². The second-order valence-electron chi connectivity index (χ2n) is 7.07. The van der Waals surface area contributed by atoms with Gasteiger partial charge in [0.25, 0.3) is 0 Å². The quantitative estimate of drug-likeness (QED) is 0.859. The monoisotopic (exact) mass is 351 g/mol. The zero-order valence-corrected chi connectivity index (χ0v) is 15.0. The first-order valence-corrected chi connectivity index (χ1v) is 9.51. The Morgan fingerprint density at radius 2 is 1.92 bits per heavy atom. The number of amides is 1. The highest BCUT2D eigenvalue weighted by Crippen LogP contribution is 2.30. The van der Waals surface area contributed by atoms with Crippen LogP contribution in [0.25, 0.3) is 11.1 Å². The van der Waals surface area contributed by atoms with Crippen LogP contribution >= 0.6 is 0 Å². The number of rotatable bonds is 6. The molecule has 0 aliphatic carbocycles. The van der Waals surface area contributed by atoms with Crippen molar-refractivity contribution >= 4 is 5.91 Å². The minimum atomic E-state index is 0.100. The van der Waals surface area contributed by atoms with Crippen molar-refractivity contribution in [2.24, 2.45) is 0 Å². The van der Waals surface area contributed by atoms with Gasteiger partial charge in [0.15, 0.2) is 0 Å². The van der Waals surface area contributed by atoms with E-state index in [2.05, 4.69) is 47.8 Å². The molecule has 0 saturated carbocycles. The Balaban J connectivity index is 1.29. The minimum absolute atomic E-state index is 0.100. The van der Waals surface area contributed by atoms with Gasteiger partial charge in [-0.05, 0) is 53.6 Å². The summed E-state index contributed by atoms with van der Waals surface area (Å²) < 4.78 is 11.1. The molecule has 2 aromatic carbocycles. The molecular weight excluding hydrogens is 326 g/mol. The summed E-state index contributed by atoms with van der Waals surface area (Å²) in [4.78, 5) is 12.0. The Labute approximate surface area is 154 Å². The lowest BCUT2D eigenvalue weighted by molar-refractivity contribution is -0.121. The minimum Gasteiger partial charge on any atom is -0.493 e. The third-order valence-electron chi connectivity index (χ3n) is 5.18. The van der Waals surface area contributed by atoms with E-state index >= 15 is 0 Å². The third kappa shape index (κ3) is 4.07. The van der Waals surface area contributed by atoms with Gasteiger partial charge in [0.2, 0.25) is 5.91 Å². The zero-order valence-electron chi connectivity index (χ0n) is 15.0. The molecule has 1 atom stereocenters. The number of hydrogen-bond donors (Lipinski definition) is 1. The van der Waals surface area contributed by atoms with E-state index in [1.165, 1.54) is 16.7 Å². The molecule has 4 nitrogen and oxygen atoms in total. The van der Waals surface area contributed by atoms with Crippen LogP contribution in [0.2, 0.25) is 0 Å². The molecule has 4 heteroatoms. The Bertz CT molecular complexity index is 763. The molecule has 2 heterocycles. The third-order valence-corrected chi connectivity index (χ3v) is 5.18. The molecule has 1 N–H and O–H groups in total.